The molecule has 0 amide bonds. The number of rotatable bonds is 2. The van der Waals surface area contributed by atoms with Crippen LogP contribution in [-0.4, -0.2) is 9.72 Å². The smallest absolute Gasteiger partial charge is 0.235 e. The maximum absolute atomic E-state index is 13.0. The fraction of sp³-hybridized carbons (Fsp3) is 0.0909. The average Bonchev–Trinajstić information content (AvgIpc) is 2.81. The van der Waals surface area contributed by atoms with Gasteiger partial charge in [0, 0.05) is 0 Å². The van der Waals surface area contributed by atoms with Crippen LogP contribution in [0.4, 0.5) is 18.2 Å². The number of hydrogen-bond acceptors (Lipinski definition) is 3. The Morgan fingerprint density at radius 3 is 2.22 bits per heavy atom. The molecule has 0 aliphatic carbocycles. The zero-order valence-corrected chi connectivity index (χ0v) is 10.6. The normalized spacial score (nSPS) is 15.1. The molecule has 2 nitrogen and oxygen atoms in total. The van der Waals surface area contributed by atoms with E-state index in [0.717, 1.165) is 11.3 Å². The summed E-state index contributed by atoms with van der Waals surface area (Å²) in [4.78, 5) is -0.328. The average molecular weight is 291 g/mol. The van der Waals surface area contributed by atoms with Crippen LogP contribution in [0.1, 0.15) is 0 Å². The number of thiophene rings is 1. The van der Waals surface area contributed by atoms with E-state index >= 15 is 0 Å². The minimum atomic E-state index is -4.90. The highest BCUT2D eigenvalue weighted by atomic mass is 32.2. The van der Waals surface area contributed by atoms with Crippen LogP contribution in [0.25, 0.3) is 0 Å². The molecule has 0 spiro atoms. The third kappa shape index (κ3) is 2.41. The summed E-state index contributed by atoms with van der Waals surface area (Å²) in [5.74, 6) is 0. The quantitative estimate of drug-likeness (QED) is 0.805. The van der Waals surface area contributed by atoms with Crippen molar-refractivity contribution in [2.45, 2.75) is 10.4 Å². The number of benzene rings is 1. The van der Waals surface area contributed by atoms with Gasteiger partial charge in [-0.3, -0.25) is 0 Å². The molecule has 1 atom stereocenters. The van der Waals surface area contributed by atoms with Crippen LogP contribution in [0.2, 0.25) is 0 Å². The second kappa shape index (κ2) is 4.74. The van der Waals surface area contributed by atoms with E-state index in [2.05, 4.69) is 4.36 Å². The first-order chi connectivity index (χ1) is 8.43. The molecule has 0 radical (unpaired) electrons. The van der Waals surface area contributed by atoms with Crippen molar-refractivity contribution in [2.75, 3.05) is 0 Å². The summed E-state index contributed by atoms with van der Waals surface area (Å²) in [5.41, 5.74) is -4.90. The van der Waals surface area contributed by atoms with Crippen LogP contribution < -0.4 is 0 Å². The Morgan fingerprint density at radius 1 is 1.06 bits per heavy atom. The van der Waals surface area contributed by atoms with E-state index < -0.39 is 15.2 Å². The molecular formula is C11H8F3NOS2. The molecule has 18 heavy (non-hydrogen) atoms. The molecule has 0 saturated heterocycles. The second-order valence-electron chi connectivity index (χ2n) is 3.33. The van der Waals surface area contributed by atoms with Crippen LogP contribution in [0, 0.1) is 0 Å². The highest BCUT2D eigenvalue weighted by Crippen LogP contribution is 2.36. The van der Waals surface area contributed by atoms with Gasteiger partial charge in [-0.1, -0.05) is 18.2 Å². The minimum Gasteiger partial charge on any atom is -0.235 e. The molecule has 0 saturated carbocycles. The van der Waals surface area contributed by atoms with E-state index in [9.17, 15) is 17.4 Å². The van der Waals surface area contributed by atoms with Gasteiger partial charge in [0.25, 0.3) is 0 Å². The van der Waals surface area contributed by atoms with E-state index in [0.29, 0.717) is 0 Å². The predicted molar refractivity (Wildman–Crippen MR) is 65.3 cm³/mol. The van der Waals surface area contributed by atoms with Crippen molar-refractivity contribution in [2.24, 2.45) is 4.36 Å². The lowest BCUT2D eigenvalue weighted by Gasteiger charge is -2.13. The molecule has 7 heteroatoms. The molecule has 0 aliphatic rings. The fourth-order valence-corrected chi connectivity index (χ4v) is 3.55. The van der Waals surface area contributed by atoms with Gasteiger partial charge < -0.3 is 0 Å². The van der Waals surface area contributed by atoms with Gasteiger partial charge in [0.1, 0.15) is 5.00 Å². The molecule has 96 valence electrons. The summed E-state index contributed by atoms with van der Waals surface area (Å²) in [6.07, 6.45) is 0. The lowest BCUT2D eigenvalue weighted by Crippen LogP contribution is -2.22. The molecule has 0 aliphatic heterocycles. The van der Waals surface area contributed by atoms with Crippen LogP contribution in [0.5, 0.6) is 0 Å². The van der Waals surface area contributed by atoms with Crippen LogP contribution >= 0.6 is 11.3 Å². The Kier molecular flexibility index (Phi) is 3.45. The molecule has 0 bridgehead atoms. The summed E-state index contributed by atoms with van der Waals surface area (Å²) in [6.45, 7) is 0. The van der Waals surface area contributed by atoms with Gasteiger partial charge >= 0.3 is 5.51 Å². The zero-order valence-electron chi connectivity index (χ0n) is 8.92. The van der Waals surface area contributed by atoms with Gasteiger partial charge in [-0.05, 0) is 29.6 Å². The van der Waals surface area contributed by atoms with Crippen molar-refractivity contribution in [1.82, 2.24) is 0 Å². The first kappa shape index (κ1) is 13.1. The second-order valence-corrected chi connectivity index (χ2v) is 6.42. The van der Waals surface area contributed by atoms with Crippen molar-refractivity contribution in [3.05, 3.63) is 47.8 Å². The molecule has 1 heterocycles. The van der Waals surface area contributed by atoms with E-state index in [-0.39, 0.29) is 9.90 Å². The van der Waals surface area contributed by atoms with Gasteiger partial charge in [-0.15, -0.1) is 11.3 Å². The van der Waals surface area contributed by atoms with E-state index in [1.165, 1.54) is 30.3 Å². The molecule has 1 aromatic carbocycles. The Balaban J connectivity index is 2.68. The number of halogens is 3. The SMILES string of the molecule is O=S(=Nc1cccs1)(c1ccccc1)C(F)(F)F. The van der Waals surface area contributed by atoms with E-state index in [4.69, 9.17) is 0 Å². The van der Waals surface area contributed by atoms with Crippen LogP contribution in [-0.2, 0) is 9.73 Å². The minimum absolute atomic E-state index is 0.0983. The van der Waals surface area contributed by atoms with E-state index in [1.807, 2.05) is 0 Å². The molecule has 0 fully saturated rings. The highest BCUT2D eigenvalue weighted by molar-refractivity contribution is 7.94. The highest BCUT2D eigenvalue weighted by Gasteiger charge is 2.44. The largest absolute Gasteiger partial charge is 0.484 e. The fourth-order valence-electron chi connectivity index (χ4n) is 1.29. The lowest BCUT2D eigenvalue weighted by molar-refractivity contribution is -0.0402. The monoisotopic (exact) mass is 291 g/mol. The Hall–Kier alpha value is -1.34. The van der Waals surface area contributed by atoms with Crippen molar-refractivity contribution in [3.8, 4) is 0 Å². The summed E-state index contributed by atoms with van der Waals surface area (Å²) in [5, 5.41) is 1.68. The molecule has 2 rings (SSSR count). The zero-order chi connectivity index (χ0) is 13.2. The third-order valence-electron chi connectivity index (χ3n) is 2.10. The van der Waals surface area contributed by atoms with Gasteiger partial charge in [0.15, 0.2) is 9.73 Å². The Morgan fingerprint density at radius 2 is 1.72 bits per heavy atom. The van der Waals surface area contributed by atoms with Gasteiger partial charge in [0.05, 0.1) is 4.90 Å². The van der Waals surface area contributed by atoms with Crippen molar-refractivity contribution in [3.63, 3.8) is 0 Å². The number of alkyl halides is 3. The summed E-state index contributed by atoms with van der Waals surface area (Å²) >= 11 is 1.01. The molecular weight excluding hydrogens is 283 g/mol. The Bertz CT molecular complexity index is 626. The molecule has 2 aromatic rings. The summed E-state index contributed by atoms with van der Waals surface area (Å²) in [6, 6.07) is 9.68. The summed E-state index contributed by atoms with van der Waals surface area (Å²) in [7, 11) is -4.47. The third-order valence-corrected chi connectivity index (χ3v) is 4.97. The molecule has 1 unspecified atom stereocenters. The van der Waals surface area contributed by atoms with Crippen molar-refractivity contribution in [1.29, 1.82) is 0 Å². The standard InChI is InChI=1S/C11H8F3NOS2/c12-11(13,14)18(16,9-5-2-1-3-6-9)15-10-7-4-8-17-10/h1-8H. The first-order valence-electron chi connectivity index (χ1n) is 4.85. The number of nitrogens with zero attached hydrogens (tertiary/aromatic N) is 1. The van der Waals surface area contributed by atoms with Crippen molar-refractivity contribution < 1.29 is 17.4 Å². The summed E-state index contributed by atoms with van der Waals surface area (Å²) < 4.78 is 54.7. The maximum atomic E-state index is 13.0. The van der Waals surface area contributed by atoms with Crippen molar-refractivity contribution >= 4 is 26.1 Å². The van der Waals surface area contributed by atoms with Gasteiger partial charge in [0.2, 0.25) is 0 Å². The van der Waals surface area contributed by atoms with Crippen LogP contribution in [0.15, 0.2) is 57.1 Å². The topological polar surface area (TPSA) is 29.4 Å². The predicted octanol–water partition coefficient (Wildman–Crippen LogP) is 4.43. The Labute approximate surface area is 106 Å². The number of hydrogen-bond donors (Lipinski definition) is 0. The first-order valence-corrected chi connectivity index (χ1v) is 7.25. The van der Waals surface area contributed by atoms with Gasteiger partial charge in [-0.2, -0.15) is 17.5 Å². The maximum Gasteiger partial charge on any atom is 0.484 e. The molecule has 0 N–H and O–H groups in total. The van der Waals surface area contributed by atoms with Gasteiger partial charge in [-0.25, -0.2) is 4.21 Å². The molecule has 1 aromatic heterocycles. The lowest BCUT2D eigenvalue weighted by atomic mass is 10.4. The van der Waals surface area contributed by atoms with Crippen LogP contribution in [0.3, 0.4) is 0 Å². The van der Waals surface area contributed by atoms with E-state index in [1.54, 1.807) is 17.5 Å².